The van der Waals surface area contributed by atoms with Gasteiger partial charge in [-0.15, -0.1) is 0 Å². The predicted octanol–water partition coefficient (Wildman–Crippen LogP) is 5.86. The molecule has 1 aromatic carbocycles. The number of fused-ring (bicyclic) bond motifs is 1. The lowest BCUT2D eigenvalue weighted by atomic mass is 9.65. The number of halogens is 1. The number of hydrogen-bond acceptors (Lipinski definition) is 4. The molecule has 1 saturated heterocycles. The third kappa shape index (κ3) is 4.78. The molecule has 2 aromatic rings. The van der Waals surface area contributed by atoms with Gasteiger partial charge in [-0.1, -0.05) is 57.5 Å². The van der Waals surface area contributed by atoms with E-state index in [1.165, 1.54) is 0 Å². The lowest BCUT2D eigenvalue weighted by Gasteiger charge is -2.49. The highest BCUT2D eigenvalue weighted by atomic mass is 35.5. The number of hydrogen-bond donors (Lipinski definition) is 1. The van der Waals surface area contributed by atoms with Crippen molar-refractivity contribution in [3.63, 3.8) is 0 Å². The molecule has 0 saturated carbocycles. The van der Waals surface area contributed by atoms with Crippen LogP contribution in [0.3, 0.4) is 0 Å². The van der Waals surface area contributed by atoms with Gasteiger partial charge in [0.15, 0.2) is 0 Å². The standard InChI is InChI=1S/C26H35ClN4O/c1-17(2)23(30-24-20-7-5-6-8-22(20)28-16-29-24)25(32)31-14-13-21(26(3,4)15-31)18-9-11-19(27)12-10-18/h5-8,11,16-18,21,23H,9-10,12-15H2,1-4H3,(H,28,29,30)/t18?,21?,23-/m1/s1. The molecule has 4 rings (SSSR count). The molecule has 172 valence electrons. The number of nitrogens with one attached hydrogen (secondary N) is 1. The van der Waals surface area contributed by atoms with E-state index < -0.39 is 0 Å². The summed E-state index contributed by atoms with van der Waals surface area (Å²) >= 11 is 6.22. The number of amides is 1. The van der Waals surface area contributed by atoms with Gasteiger partial charge in [0.05, 0.1) is 5.52 Å². The minimum absolute atomic E-state index is 0.0827. The normalized spacial score (nSPS) is 24.3. The second kappa shape index (κ2) is 9.38. The third-order valence-electron chi connectivity index (χ3n) is 7.36. The van der Waals surface area contributed by atoms with Crippen LogP contribution in [-0.4, -0.2) is 39.9 Å². The van der Waals surface area contributed by atoms with Gasteiger partial charge in [0.25, 0.3) is 0 Å². The van der Waals surface area contributed by atoms with Gasteiger partial charge in [0.1, 0.15) is 18.2 Å². The van der Waals surface area contributed by atoms with Crippen molar-refractivity contribution in [2.75, 3.05) is 18.4 Å². The molecular weight excluding hydrogens is 420 g/mol. The first-order valence-corrected chi connectivity index (χ1v) is 12.2. The van der Waals surface area contributed by atoms with E-state index in [1.807, 2.05) is 24.3 Å². The van der Waals surface area contributed by atoms with Gasteiger partial charge in [-0.05, 0) is 61.0 Å². The number of aromatic nitrogens is 2. The number of rotatable bonds is 5. The fourth-order valence-electron chi connectivity index (χ4n) is 5.60. The first-order chi connectivity index (χ1) is 15.3. The summed E-state index contributed by atoms with van der Waals surface area (Å²) in [6.45, 7) is 10.4. The molecular formula is C26H35ClN4O. The molecule has 3 atom stereocenters. The van der Waals surface area contributed by atoms with Crippen molar-refractivity contribution in [3.8, 4) is 0 Å². The molecule has 2 aliphatic rings. The quantitative estimate of drug-likeness (QED) is 0.614. The van der Waals surface area contributed by atoms with Crippen molar-refractivity contribution in [1.29, 1.82) is 0 Å². The number of nitrogens with zero attached hydrogens (tertiary/aromatic N) is 3. The van der Waals surface area contributed by atoms with Crippen LogP contribution < -0.4 is 5.32 Å². The summed E-state index contributed by atoms with van der Waals surface area (Å²) in [6, 6.07) is 7.59. The van der Waals surface area contributed by atoms with Crippen LogP contribution in [-0.2, 0) is 4.79 Å². The van der Waals surface area contributed by atoms with Crippen molar-refractivity contribution in [2.24, 2.45) is 23.2 Å². The van der Waals surface area contributed by atoms with Crippen molar-refractivity contribution in [3.05, 3.63) is 41.7 Å². The second-order valence-corrected chi connectivity index (χ2v) is 10.9. The molecule has 2 unspecified atom stereocenters. The Hall–Kier alpha value is -2.14. The number of carbonyl (C=O) groups excluding carboxylic acids is 1. The van der Waals surface area contributed by atoms with Gasteiger partial charge in [0, 0.05) is 23.5 Å². The number of benzene rings is 1. The summed E-state index contributed by atoms with van der Waals surface area (Å²) in [5.41, 5.74) is 0.961. The monoisotopic (exact) mass is 454 g/mol. The molecule has 0 radical (unpaired) electrons. The summed E-state index contributed by atoms with van der Waals surface area (Å²) in [4.78, 5) is 24.6. The van der Waals surface area contributed by atoms with Crippen molar-refractivity contribution in [2.45, 2.75) is 59.4 Å². The number of carbonyl (C=O) groups is 1. The molecule has 2 heterocycles. The lowest BCUT2D eigenvalue weighted by Crippen LogP contribution is -2.54. The Balaban J connectivity index is 1.49. The lowest BCUT2D eigenvalue weighted by molar-refractivity contribution is -0.138. The Kier molecular flexibility index (Phi) is 6.75. The van der Waals surface area contributed by atoms with E-state index in [1.54, 1.807) is 6.33 Å². The summed E-state index contributed by atoms with van der Waals surface area (Å²) in [6.07, 6.45) is 8.04. The van der Waals surface area contributed by atoms with Gasteiger partial charge < -0.3 is 10.2 Å². The van der Waals surface area contributed by atoms with E-state index >= 15 is 0 Å². The molecule has 0 bridgehead atoms. The van der Waals surface area contributed by atoms with Gasteiger partial charge >= 0.3 is 0 Å². The zero-order valence-corrected chi connectivity index (χ0v) is 20.4. The zero-order chi connectivity index (χ0) is 22.9. The second-order valence-electron chi connectivity index (χ2n) is 10.4. The first kappa shape index (κ1) is 23.0. The largest absolute Gasteiger partial charge is 0.358 e. The number of piperidine rings is 1. The maximum absolute atomic E-state index is 13.7. The van der Waals surface area contributed by atoms with E-state index in [4.69, 9.17) is 11.6 Å². The average molecular weight is 455 g/mol. The van der Waals surface area contributed by atoms with Crippen molar-refractivity contribution in [1.82, 2.24) is 14.9 Å². The highest BCUT2D eigenvalue weighted by Gasteiger charge is 2.43. The minimum Gasteiger partial charge on any atom is -0.358 e. The molecule has 1 aromatic heterocycles. The Labute approximate surface area is 196 Å². The molecule has 5 nitrogen and oxygen atoms in total. The van der Waals surface area contributed by atoms with Crippen LogP contribution in [0.1, 0.15) is 53.4 Å². The fraction of sp³-hybridized carbons (Fsp3) is 0.577. The minimum atomic E-state index is -0.322. The van der Waals surface area contributed by atoms with Crippen molar-refractivity contribution >= 4 is 34.2 Å². The smallest absolute Gasteiger partial charge is 0.245 e. The predicted molar refractivity (Wildman–Crippen MR) is 132 cm³/mol. The van der Waals surface area contributed by atoms with Gasteiger partial charge in [0.2, 0.25) is 5.91 Å². The summed E-state index contributed by atoms with van der Waals surface area (Å²) in [5, 5.41) is 5.41. The molecule has 6 heteroatoms. The topological polar surface area (TPSA) is 58.1 Å². The summed E-state index contributed by atoms with van der Waals surface area (Å²) < 4.78 is 0. The molecule has 1 fully saturated rings. The molecule has 1 N–H and O–H groups in total. The van der Waals surface area contributed by atoms with E-state index in [9.17, 15) is 4.79 Å². The maximum atomic E-state index is 13.7. The van der Waals surface area contributed by atoms with Crippen LogP contribution in [0.25, 0.3) is 10.9 Å². The van der Waals surface area contributed by atoms with Gasteiger partial charge in [-0.25, -0.2) is 9.97 Å². The van der Waals surface area contributed by atoms with Crippen LogP contribution >= 0.6 is 11.6 Å². The zero-order valence-electron chi connectivity index (χ0n) is 19.6. The van der Waals surface area contributed by atoms with Gasteiger partial charge in [-0.3, -0.25) is 4.79 Å². The van der Waals surface area contributed by atoms with Crippen LogP contribution in [0.2, 0.25) is 0 Å². The number of allylic oxidation sites excluding steroid dienone is 2. The van der Waals surface area contributed by atoms with E-state index in [-0.39, 0.29) is 23.3 Å². The van der Waals surface area contributed by atoms with Crippen molar-refractivity contribution < 1.29 is 4.79 Å². The van der Waals surface area contributed by atoms with E-state index in [0.717, 1.165) is 60.5 Å². The Bertz CT molecular complexity index is 997. The van der Waals surface area contributed by atoms with Crippen LogP contribution in [0.5, 0.6) is 0 Å². The maximum Gasteiger partial charge on any atom is 0.245 e. The van der Waals surface area contributed by atoms with Gasteiger partial charge in [-0.2, -0.15) is 0 Å². The average Bonchev–Trinajstić information content (AvgIpc) is 2.77. The van der Waals surface area contributed by atoms with Crippen LogP contribution in [0.15, 0.2) is 41.7 Å². The first-order valence-electron chi connectivity index (χ1n) is 11.9. The Morgan fingerprint density at radius 1 is 1.22 bits per heavy atom. The SMILES string of the molecule is CC(C)[C@@H](Nc1ncnc2ccccc12)C(=O)N1CCC(C2CC=C(Cl)CC2)C(C)(C)C1. The summed E-state index contributed by atoms with van der Waals surface area (Å²) in [7, 11) is 0. The number of likely N-dealkylation sites (tertiary alicyclic amines) is 1. The highest BCUT2D eigenvalue weighted by Crippen LogP contribution is 2.45. The Morgan fingerprint density at radius 2 is 2.00 bits per heavy atom. The molecule has 0 spiro atoms. The Morgan fingerprint density at radius 3 is 2.69 bits per heavy atom. The molecule has 32 heavy (non-hydrogen) atoms. The van der Waals surface area contributed by atoms with E-state index in [0.29, 0.717) is 11.8 Å². The number of para-hydroxylation sites is 1. The number of anilines is 1. The van der Waals surface area contributed by atoms with Crippen LogP contribution in [0, 0.1) is 23.2 Å². The highest BCUT2D eigenvalue weighted by molar-refractivity contribution is 6.29. The third-order valence-corrected chi connectivity index (χ3v) is 7.70. The summed E-state index contributed by atoms with van der Waals surface area (Å²) in [5.74, 6) is 2.31. The van der Waals surface area contributed by atoms with E-state index in [2.05, 4.69) is 54.0 Å². The molecule has 1 aliphatic carbocycles. The van der Waals surface area contributed by atoms with Crippen LogP contribution in [0.4, 0.5) is 5.82 Å². The fourth-order valence-corrected chi connectivity index (χ4v) is 5.80. The molecule has 1 amide bonds. The molecule has 1 aliphatic heterocycles.